The largest absolute Gasteiger partial charge is 0.366 e. The Kier molecular flexibility index (Phi) is 3.77. The number of nitrogens with two attached hydrogens (primary N) is 1. The van der Waals surface area contributed by atoms with Crippen molar-refractivity contribution in [2.75, 3.05) is 5.32 Å². The van der Waals surface area contributed by atoms with Gasteiger partial charge in [-0.1, -0.05) is 24.3 Å². The molecule has 4 heteroatoms. The van der Waals surface area contributed by atoms with E-state index in [1.165, 1.54) is 0 Å². The molecule has 0 saturated carbocycles. The van der Waals surface area contributed by atoms with E-state index in [4.69, 9.17) is 5.73 Å². The Morgan fingerprint density at radius 1 is 1.22 bits per heavy atom. The van der Waals surface area contributed by atoms with Crippen LogP contribution in [0.3, 0.4) is 0 Å². The maximum Gasteiger partial charge on any atom is 0.250 e. The third kappa shape index (κ3) is 2.77. The second-order valence-corrected chi connectivity index (χ2v) is 4.38. The van der Waals surface area contributed by atoms with Crippen molar-refractivity contribution in [3.05, 3.63) is 42.0 Å². The molecule has 1 aliphatic rings. The van der Waals surface area contributed by atoms with Gasteiger partial charge < -0.3 is 11.1 Å². The maximum absolute atomic E-state index is 12.0. The zero-order chi connectivity index (χ0) is 13.0. The molecular weight excluding hydrogens is 228 g/mol. The van der Waals surface area contributed by atoms with Gasteiger partial charge in [0.2, 0.25) is 5.91 Å². The Bertz CT molecular complexity index is 494. The predicted molar refractivity (Wildman–Crippen MR) is 70.1 cm³/mol. The van der Waals surface area contributed by atoms with Crippen molar-refractivity contribution in [1.82, 2.24) is 0 Å². The molecule has 0 spiro atoms. The number of anilines is 1. The number of hydrogen-bond donors (Lipinski definition) is 2. The molecule has 1 aromatic rings. The van der Waals surface area contributed by atoms with Crippen molar-refractivity contribution in [3.8, 4) is 0 Å². The third-order valence-electron chi connectivity index (χ3n) is 3.09. The summed E-state index contributed by atoms with van der Waals surface area (Å²) in [5.41, 5.74) is 6.10. The quantitative estimate of drug-likeness (QED) is 0.799. The van der Waals surface area contributed by atoms with Gasteiger partial charge in [-0.05, 0) is 31.4 Å². The molecule has 0 aliphatic heterocycles. The minimum Gasteiger partial charge on any atom is -0.366 e. The minimum atomic E-state index is -0.533. The van der Waals surface area contributed by atoms with Crippen molar-refractivity contribution >= 4 is 17.5 Å². The molecule has 1 atom stereocenters. The number of carbonyl (C=O) groups is 2. The molecule has 1 aromatic carbocycles. The number of allylic oxidation sites excluding steroid dienone is 2. The Labute approximate surface area is 106 Å². The highest BCUT2D eigenvalue weighted by molar-refractivity contribution is 6.03. The van der Waals surface area contributed by atoms with Gasteiger partial charge in [-0.3, -0.25) is 9.59 Å². The highest BCUT2D eigenvalue weighted by Crippen LogP contribution is 2.21. The topological polar surface area (TPSA) is 72.2 Å². The van der Waals surface area contributed by atoms with Crippen LogP contribution in [0.2, 0.25) is 0 Å². The number of benzene rings is 1. The summed E-state index contributed by atoms with van der Waals surface area (Å²) in [7, 11) is 0. The summed E-state index contributed by atoms with van der Waals surface area (Å²) in [6.07, 6.45) is 6.63. The van der Waals surface area contributed by atoms with Crippen LogP contribution in [0.4, 0.5) is 5.69 Å². The normalized spacial score (nSPS) is 18.3. The summed E-state index contributed by atoms with van der Waals surface area (Å²) in [4.78, 5) is 23.3. The second-order valence-electron chi connectivity index (χ2n) is 4.38. The number of carbonyl (C=O) groups excluding carboxylic acids is 2. The van der Waals surface area contributed by atoms with Gasteiger partial charge >= 0.3 is 0 Å². The summed E-state index contributed by atoms with van der Waals surface area (Å²) >= 11 is 0. The fraction of sp³-hybridized carbons (Fsp3) is 0.286. The van der Waals surface area contributed by atoms with Gasteiger partial charge in [0.25, 0.3) is 5.91 Å². The zero-order valence-electron chi connectivity index (χ0n) is 10.1. The Morgan fingerprint density at radius 2 is 2.00 bits per heavy atom. The first-order chi connectivity index (χ1) is 8.68. The molecular formula is C14H16N2O2. The fourth-order valence-corrected chi connectivity index (χ4v) is 2.07. The summed E-state index contributed by atoms with van der Waals surface area (Å²) in [5, 5.41) is 2.79. The smallest absolute Gasteiger partial charge is 0.250 e. The van der Waals surface area contributed by atoms with Crippen molar-refractivity contribution in [3.63, 3.8) is 0 Å². The highest BCUT2D eigenvalue weighted by Gasteiger charge is 2.20. The van der Waals surface area contributed by atoms with Crippen LogP contribution in [-0.4, -0.2) is 11.8 Å². The zero-order valence-corrected chi connectivity index (χ0v) is 10.1. The van der Waals surface area contributed by atoms with E-state index in [-0.39, 0.29) is 11.8 Å². The van der Waals surface area contributed by atoms with E-state index >= 15 is 0 Å². The number of primary amides is 1. The molecule has 2 amide bonds. The highest BCUT2D eigenvalue weighted by atomic mass is 16.2. The van der Waals surface area contributed by atoms with E-state index in [1.807, 2.05) is 6.08 Å². The van der Waals surface area contributed by atoms with Crippen LogP contribution in [0.5, 0.6) is 0 Å². The lowest BCUT2D eigenvalue weighted by Gasteiger charge is -2.18. The van der Waals surface area contributed by atoms with Crippen LogP contribution >= 0.6 is 0 Å². The SMILES string of the molecule is NC(=O)c1ccccc1NC(=O)[C@@H]1CC=CCC1. The summed E-state index contributed by atoms with van der Waals surface area (Å²) in [6.45, 7) is 0. The van der Waals surface area contributed by atoms with Gasteiger partial charge in [0.05, 0.1) is 11.3 Å². The molecule has 0 aromatic heterocycles. The van der Waals surface area contributed by atoms with Crippen LogP contribution in [0.1, 0.15) is 29.6 Å². The number of para-hydroxylation sites is 1. The van der Waals surface area contributed by atoms with Gasteiger partial charge in [0.1, 0.15) is 0 Å². The Morgan fingerprint density at radius 3 is 2.67 bits per heavy atom. The molecule has 0 fully saturated rings. The Hall–Kier alpha value is -2.10. The Balaban J connectivity index is 2.11. The molecule has 3 N–H and O–H groups in total. The standard InChI is InChI=1S/C14H16N2O2/c15-13(17)11-8-4-5-9-12(11)16-14(18)10-6-2-1-3-7-10/h1-2,4-5,8-10H,3,6-7H2,(H2,15,17)(H,16,18)/t10-/m1/s1. The van der Waals surface area contributed by atoms with Gasteiger partial charge in [0, 0.05) is 5.92 Å². The summed E-state index contributed by atoms with van der Waals surface area (Å²) in [6, 6.07) is 6.79. The van der Waals surface area contributed by atoms with Crippen molar-refractivity contribution in [1.29, 1.82) is 0 Å². The molecule has 0 unspecified atom stereocenters. The van der Waals surface area contributed by atoms with Gasteiger partial charge in [-0.25, -0.2) is 0 Å². The van der Waals surface area contributed by atoms with E-state index in [0.717, 1.165) is 19.3 Å². The van der Waals surface area contributed by atoms with E-state index in [0.29, 0.717) is 11.3 Å². The van der Waals surface area contributed by atoms with E-state index in [9.17, 15) is 9.59 Å². The molecule has 2 rings (SSSR count). The van der Waals surface area contributed by atoms with Crippen molar-refractivity contribution in [2.24, 2.45) is 11.7 Å². The van der Waals surface area contributed by atoms with E-state index in [2.05, 4.69) is 11.4 Å². The maximum atomic E-state index is 12.0. The van der Waals surface area contributed by atoms with Crippen LogP contribution < -0.4 is 11.1 Å². The minimum absolute atomic E-state index is 0.0177. The van der Waals surface area contributed by atoms with Crippen LogP contribution in [-0.2, 0) is 4.79 Å². The first-order valence-electron chi connectivity index (χ1n) is 6.03. The molecule has 0 saturated heterocycles. The number of rotatable bonds is 3. The lowest BCUT2D eigenvalue weighted by Crippen LogP contribution is -2.25. The summed E-state index contributed by atoms with van der Waals surface area (Å²) < 4.78 is 0. The van der Waals surface area contributed by atoms with Gasteiger partial charge in [-0.15, -0.1) is 0 Å². The van der Waals surface area contributed by atoms with E-state index in [1.54, 1.807) is 24.3 Å². The second kappa shape index (κ2) is 5.49. The first-order valence-corrected chi connectivity index (χ1v) is 6.03. The molecule has 0 heterocycles. The molecule has 94 valence electrons. The lowest BCUT2D eigenvalue weighted by molar-refractivity contribution is -0.120. The van der Waals surface area contributed by atoms with Gasteiger partial charge in [-0.2, -0.15) is 0 Å². The number of nitrogens with one attached hydrogen (secondary N) is 1. The van der Waals surface area contributed by atoms with Crippen LogP contribution in [0.15, 0.2) is 36.4 Å². The monoisotopic (exact) mass is 244 g/mol. The van der Waals surface area contributed by atoms with Crippen molar-refractivity contribution < 1.29 is 9.59 Å². The lowest BCUT2D eigenvalue weighted by atomic mass is 9.93. The van der Waals surface area contributed by atoms with Crippen molar-refractivity contribution in [2.45, 2.75) is 19.3 Å². The molecule has 18 heavy (non-hydrogen) atoms. The molecule has 1 aliphatic carbocycles. The summed E-state index contributed by atoms with van der Waals surface area (Å²) in [5.74, 6) is -0.599. The van der Waals surface area contributed by atoms with Crippen LogP contribution in [0.25, 0.3) is 0 Å². The van der Waals surface area contributed by atoms with E-state index < -0.39 is 5.91 Å². The number of hydrogen-bond acceptors (Lipinski definition) is 2. The molecule has 4 nitrogen and oxygen atoms in total. The fourth-order valence-electron chi connectivity index (χ4n) is 2.07. The predicted octanol–water partition coefficient (Wildman–Crippen LogP) is 2.08. The third-order valence-corrected chi connectivity index (χ3v) is 3.09. The average molecular weight is 244 g/mol. The first kappa shape index (κ1) is 12.4. The molecule has 0 bridgehead atoms. The van der Waals surface area contributed by atoms with Crippen LogP contribution in [0, 0.1) is 5.92 Å². The number of amides is 2. The average Bonchev–Trinajstić information content (AvgIpc) is 2.40. The molecule has 0 radical (unpaired) electrons. The van der Waals surface area contributed by atoms with Gasteiger partial charge in [0.15, 0.2) is 0 Å².